The van der Waals surface area contributed by atoms with Crippen LogP contribution in [0.1, 0.15) is 69.3 Å². The van der Waals surface area contributed by atoms with Gasteiger partial charge in [-0.1, -0.05) is 37.5 Å². The number of hydrogen-bond donors (Lipinski definition) is 1. The number of halogens is 1. The summed E-state index contributed by atoms with van der Waals surface area (Å²) in [7, 11) is 0. The summed E-state index contributed by atoms with van der Waals surface area (Å²) in [6.45, 7) is 4.91. The van der Waals surface area contributed by atoms with Gasteiger partial charge in [0, 0.05) is 15.5 Å². The number of aromatic amines is 1. The summed E-state index contributed by atoms with van der Waals surface area (Å²) < 4.78 is 13.6. The van der Waals surface area contributed by atoms with E-state index in [1.807, 2.05) is 6.92 Å². The number of H-pyrrole nitrogens is 1. The summed E-state index contributed by atoms with van der Waals surface area (Å²) in [5, 5.41) is 1.79. The Morgan fingerprint density at radius 1 is 1.07 bits per heavy atom. The Morgan fingerprint density at radius 2 is 1.83 bits per heavy atom. The third-order valence-electron chi connectivity index (χ3n) is 6.39. The Balaban J connectivity index is 0.000000147. The van der Waals surface area contributed by atoms with Crippen LogP contribution in [0.2, 0.25) is 0 Å². The molecule has 1 N–H and O–H groups in total. The molecule has 0 radical (unpaired) electrons. The van der Waals surface area contributed by atoms with E-state index in [0.29, 0.717) is 11.3 Å². The van der Waals surface area contributed by atoms with Crippen molar-refractivity contribution in [2.75, 3.05) is 0 Å². The topological polar surface area (TPSA) is 41.6 Å². The quantitative estimate of drug-likeness (QED) is 0.474. The lowest BCUT2D eigenvalue weighted by atomic mass is 9.85. The van der Waals surface area contributed by atoms with Gasteiger partial charge in [-0.3, -0.25) is 0 Å². The first kappa shape index (κ1) is 21.4. The number of thioether (sulfide) groups is 1. The van der Waals surface area contributed by atoms with Crippen LogP contribution in [0.5, 0.6) is 0 Å². The Hall–Kier alpha value is -1.88. The van der Waals surface area contributed by atoms with Crippen LogP contribution < -0.4 is 0 Å². The van der Waals surface area contributed by atoms with Crippen molar-refractivity contribution in [2.24, 2.45) is 5.92 Å². The van der Waals surface area contributed by atoms with Gasteiger partial charge >= 0.3 is 0 Å². The molecular weight excluding hydrogens is 393 g/mol. The smallest absolute Gasteiger partial charge is 0.145 e. The number of fused-ring (bicyclic) bond motifs is 2. The molecule has 3 nitrogen and oxygen atoms in total. The molecule has 5 heteroatoms. The minimum atomic E-state index is -1.37. The third-order valence-corrected chi connectivity index (χ3v) is 7.97. The molecule has 160 valence electrons. The second-order valence-electron chi connectivity index (χ2n) is 9.08. The van der Waals surface area contributed by atoms with Gasteiger partial charge in [0.05, 0.1) is 11.4 Å². The first-order valence-electron chi connectivity index (χ1n) is 11.2. The molecule has 1 aromatic carbocycles. The summed E-state index contributed by atoms with van der Waals surface area (Å²) in [5.74, 6) is 1.01. The highest BCUT2D eigenvalue weighted by Gasteiger charge is 2.27. The predicted octanol–water partition coefficient (Wildman–Crippen LogP) is 7.14. The molecule has 2 aliphatic rings. The van der Waals surface area contributed by atoms with E-state index in [9.17, 15) is 4.39 Å². The van der Waals surface area contributed by atoms with Crippen LogP contribution in [-0.2, 0) is 12.1 Å². The minimum absolute atomic E-state index is 0.538. The van der Waals surface area contributed by atoms with Gasteiger partial charge < -0.3 is 4.98 Å². The standard InChI is InChI=1S/C15H20S.C10H12FN3/c1-2-6-12(7-3-1)15-11-10-13-8-4-5-9-14(13)16-15;1-6-7-4-8(10(2,3)11)14-9(7)13-5-12-6/h4-5,8-9,12,15H,1-3,6-7,10-11H2;4-5H,1-3H3,(H,12,13,14). The van der Waals surface area contributed by atoms with Gasteiger partial charge in [-0.15, -0.1) is 11.8 Å². The Bertz CT molecular complexity index is 985. The molecule has 1 unspecified atom stereocenters. The van der Waals surface area contributed by atoms with Crippen molar-refractivity contribution < 1.29 is 4.39 Å². The van der Waals surface area contributed by atoms with Gasteiger partial charge in [0.15, 0.2) is 0 Å². The van der Waals surface area contributed by atoms with Crippen LogP contribution in [0, 0.1) is 12.8 Å². The van der Waals surface area contributed by atoms with Crippen LogP contribution in [0.4, 0.5) is 4.39 Å². The maximum Gasteiger partial charge on any atom is 0.145 e. The first-order chi connectivity index (χ1) is 14.4. The molecule has 1 saturated carbocycles. The van der Waals surface area contributed by atoms with Gasteiger partial charge in [0.1, 0.15) is 17.6 Å². The second kappa shape index (κ2) is 9.09. The molecular formula is C25H32FN3S. The molecule has 0 saturated heterocycles. The van der Waals surface area contributed by atoms with Gasteiger partial charge in [-0.05, 0) is 70.1 Å². The number of hydrogen-bond acceptors (Lipinski definition) is 3. The maximum absolute atomic E-state index is 13.6. The molecule has 3 heterocycles. The monoisotopic (exact) mass is 425 g/mol. The number of nitrogens with zero attached hydrogens (tertiary/aromatic N) is 2. The van der Waals surface area contributed by atoms with Crippen LogP contribution in [0.3, 0.4) is 0 Å². The van der Waals surface area contributed by atoms with Crippen LogP contribution in [0.25, 0.3) is 11.0 Å². The van der Waals surface area contributed by atoms with Crippen LogP contribution in [0.15, 0.2) is 41.6 Å². The van der Waals surface area contributed by atoms with E-state index in [4.69, 9.17) is 0 Å². The second-order valence-corrected chi connectivity index (χ2v) is 10.4. The number of rotatable bonds is 2. The molecule has 0 amide bonds. The number of alkyl halides is 1. The van der Waals surface area contributed by atoms with E-state index in [2.05, 4.69) is 51.0 Å². The summed E-state index contributed by atoms with van der Waals surface area (Å²) in [6, 6.07) is 10.8. The molecule has 5 rings (SSSR count). The number of benzene rings is 1. The zero-order valence-electron chi connectivity index (χ0n) is 18.2. The van der Waals surface area contributed by atoms with E-state index in [0.717, 1.165) is 22.2 Å². The van der Waals surface area contributed by atoms with Gasteiger partial charge in [0.25, 0.3) is 0 Å². The van der Waals surface area contributed by atoms with Gasteiger partial charge in [-0.25, -0.2) is 14.4 Å². The largest absolute Gasteiger partial charge is 0.340 e. The van der Waals surface area contributed by atoms with E-state index < -0.39 is 5.67 Å². The highest BCUT2D eigenvalue weighted by Crippen LogP contribution is 2.42. The zero-order chi connectivity index (χ0) is 21.1. The first-order valence-corrected chi connectivity index (χ1v) is 12.0. The average molecular weight is 426 g/mol. The van der Waals surface area contributed by atoms with Crippen molar-refractivity contribution >= 4 is 22.8 Å². The molecule has 1 aliphatic heterocycles. The zero-order valence-corrected chi connectivity index (χ0v) is 19.1. The predicted molar refractivity (Wildman–Crippen MR) is 124 cm³/mol. The Labute approximate surface area is 183 Å². The molecule has 1 aliphatic carbocycles. The fourth-order valence-electron chi connectivity index (χ4n) is 4.57. The summed E-state index contributed by atoms with van der Waals surface area (Å²) in [5.41, 5.74) is 2.31. The van der Waals surface area contributed by atoms with Gasteiger partial charge in [0.2, 0.25) is 0 Å². The molecule has 1 fully saturated rings. The molecule has 0 bridgehead atoms. The summed E-state index contributed by atoms with van der Waals surface area (Å²) >= 11 is 2.16. The average Bonchev–Trinajstić information content (AvgIpc) is 3.21. The molecule has 0 spiro atoms. The maximum atomic E-state index is 13.6. The minimum Gasteiger partial charge on any atom is -0.340 e. The molecule has 3 aromatic rings. The fourth-order valence-corrected chi connectivity index (χ4v) is 6.07. The Morgan fingerprint density at radius 3 is 2.57 bits per heavy atom. The van der Waals surface area contributed by atoms with Gasteiger partial charge in [-0.2, -0.15) is 0 Å². The van der Waals surface area contributed by atoms with Crippen molar-refractivity contribution in [1.82, 2.24) is 15.0 Å². The highest BCUT2D eigenvalue weighted by molar-refractivity contribution is 8.00. The van der Waals surface area contributed by atoms with Crippen molar-refractivity contribution in [3.63, 3.8) is 0 Å². The number of aromatic nitrogens is 3. The molecule has 1 atom stereocenters. The lowest BCUT2D eigenvalue weighted by molar-refractivity contribution is 0.215. The molecule has 30 heavy (non-hydrogen) atoms. The fraction of sp³-hybridized carbons (Fsp3) is 0.520. The SMILES string of the molecule is Cc1ncnc2[nH]c(C(C)(C)F)cc12.c1ccc2c(c1)CCC(C1CCCCC1)S2. The highest BCUT2D eigenvalue weighted by atomic mass is 32.2. The lowest BCUT2D eigenvalue weighted by Crippen LogP contribution is -2.23. The summed E-state index contributed by atoms with van der Waals surface area (Å²) in [6.07, 6.45) is 11.6. The Kier molecular flexibility index (Phi) is 6.47. The van der Waals surface area contributed by atoms with Crippen molar-refractivity contribution in [2.45, 2.75) is 81.5 Å². The van der Waals surface area contributed by atoms with Crippen molar-refractivity contribution in [3.8, 4) is 0 Å². The van der Waals surface area contributed by atoms with Crippen LogP contribution >= 0.6 is 11.8 Å². The lowest BCUT2D eigenvalue weighted by Gasteiger charge is -2.33. The van der Waals surface area contributed by atoms with E-state index in [1.54, 1.807) is 16.5 Å². The van der Waals surface area contributed by atoms with Crippen molar-refractivity contribution in [1.29, 1.82) is 0 Å². The van der Waals surface area contributed by atoms with E-state index in [-0.39, 0.29) is 0 Å². The van der Waals surface area contributed by atoms with Crippen LogP contribution in [-0.4, -0.2) is 20.2 Å². The normalized spacial score (nSPS) is 19.8. The van der Waals surface area contributed by atoms with E-state index >= 15 is 0 Å². The summed E-state index contributed by atoms with van der Waals surface area (Å²) in [4.78, 5) is 12.6. The molecule has 2 aromatic heterocycles. The van der Waals surface area contributed by atoms with Crippen molar-refractivity contribution in [3.05, 3.63) is 53.6 Å². The van der Waals surface area contributed by atoms with E-state index in [1.165, 1.54) is 65.1 Å². The number of aryl methyl sites for hydroxylation is 2. The number of nitrogens with one attached hydrogen (secondary N) is 1. The third kappa shape index (κ3) is 4.88.